The molecule has 0 aromatic heterocycles. The van der Waals surface area contributed by atoms with Gasteiger partial charge in [-0.3, -0.25) is 10.1 Å². The van der Waals surface area contributed by atoms with E-state index in [9.17, 15) is 30.5 Å². The van der Waals surface area contributed by atoms with Crippen molar-refractivity contribution in [1.29, 1.82) is 0 Å². The summed E-state index contributed by atoms with van der Waals surface area (Å²) >= 11 is 0. The molecule has 7 nitrogen and oxygen atoms in total. The van der Waals surface area contributed by atoms with Crippen LogP contribution in [0.4, 0.5) is 5.69 Å². The Labute approximate surface area is 117 Å². The Kier molecular flexibility index (Phi) is 2.52. The second-order valence-corrected chi connectivity index (χ2v) is 4.50. The number of benzene rings is 3. The monoisotopic (exact) mass is 286 g/mol. The minimum absolute atomic E-state index is 0.168. The van der Waals surface area contributed by atoms with Crippen LogP contribution in [0.1, 0.15) is 0 Å². The summed E-state index contributed by atoms with van der Waals surface area (Å²) in [7, 11) is 0. The lowest BCUT2D eigenvalue weighted by atomic mass is 9.99. The molecule has 21 heavy (non-hydrogen) atoms. The number of nitro benzene ring substituents is 1. The van der Waals surface area contributed by atoms with Gasteiger partial charge in [0.2, 0.25) is 5.75 Å². The number of rotatable bonds is 1. The Balaban J connectivity index is 2.63. The van der Waals surface area contributed by atoms with Gasteiger partial charge in [-0.2, -0.15) is 0 Å². The van der Waals surface area contributed by atoms with Crippen LogP contribution in [0.5, 0.6) is 23.0 Å². The van der Waals surface area contributed by atoms with Crippen molar-refractivity contribution in [1.82, 2.24) is 0 Å². The fraction of sp³-hybridized carbons (Fsp3) is 0. The Morgan fingerprint density at radius 2 is 1.52 bits per heavy atom. The number of hydrogen-bond acceptors (Lipinski definition) is 6. The number of nitro groups is 1. The molecule has 0 heterocycles. The van der Waals surface area contributed by atoms with Gasteiger partial charge >= 0.3 is 5.69 Å². The van der Waals surface area contributed by atoms with Gasteiger partial charge in [0.15, 0.2) is 5.75 Å². The molecule has 0 unspecified atom stereocenters. The molecule has 0 bridgehead atoms. The summed E-state index contributed by atoms with van der Waals surface area (Å²) in [6.07, 6.45) is 0. The normalized spacial score (nSPS) is 11.0. The van der Waals surface area contributed by atoms with Crippen molar-refractivity contribution >= 4 is 27.2 Å². The average molecular weight is 286 g/mol. The minimum Gasteiger partial charge on any atom is -0.872 e. The first-order valence-electron chi connectivity index (χ1n) is 5.87. The second-order valence-electron chi connectivity index (χ2n) is 4.50. The first kappa shape index (κ1) is 12.8. The van der Waals surface area contributed by atoms with E-state index in [1.807, 2.05) is 0 Å². The van der Waals surface area contributed by atoms with E-state index in [0.717, 1.165) is 6.07 Å². The molecule has 0 spiro atoms. The fourth-order valence-electron chi connectivity index (χ4n) is 2.37. The summed E-state index contributed by atoms with van der Waals surface area (Å²) in [5.74, 6) is -2.86. The molecule has 0 atom stereocenters. The maximum atomic E-state index is 12.4. The molecule has 0 amide bonds. The molecular formula is C14H8NO6-. The molecule has 0 saturated heterocycles. The number of nitrogens with zero attached hydrogens (tertiary/aromatic N) is 1. The zero-order valence-corrected chi connectivity index (χ0v) is 10.4. The quantitative estimate of drug-likeness (QED) is 0.272. The molecule has 7 heteroatoms. The molecule has 0 aliphatic carbocycles. The smallest absolute Gasteiger partial charge is 0.315 e. The maximum absolute atomic E-state index is 12.4. The Morgan fingerprint density at radius 1 is 0.905 bits per heavy atom. The fourth-order valence-corrected chi connectivity index (χ4v) is 2.37. The van der Waals surface area contributed by atoms with E-state index in [0.29, 0.717) is 0 Å². The second kappa shape index (κ2) is 4.14. The summed E-state index contributed by atoms with van der Waals surface area (Å²) in [6, 6.07) is 6.97. The van der Waals surface area contributed by atoms with Crippen LogP contribution in [0, 0.1) is 10.1 Å². The van der Waals surface area contributed by atoms with Crippen LogP contribution < -0.4 is 5.11 Å². The highest BCUT2D eigenvalue weighted by molar-refractivity contribution is 6.13. The highest BCUT2D eigenvalue weighted by Crippen LogP contribution is 2.50. The van der Waals surface area contributed by atoms with Crippen LogP contribution >= 0.6 is 0 Å². The molecule has 0 aliphatic heterocycles. The molecule has 0 radical (unpaired) electrons. The van der Waals surface area contributed by atoms with Crippen molar-refractivity contribution in [3.63, 3.8) is 0 Å². The lowest BCUT2D eigenvalue weighted by Gasteiger charge is -2.17. The van der Waals surface area contributed by atoms with Crippen molar-refractivity contribution in [2.24, 2.45) is 0 Å². The van der Waals surface area contributed by atoms with Crippen LogP contribution in [-0.4, -0.2) is 20.2 Å². The van der Waals surface area contributed by atoms with Crippen LogP contribution in [-0.2, 0) is 0 Å². The number of hydrogen-bond donors (Lipinski definition) is 3. The standard InChI is InChI=1S/C14H9NO6/c16-11-6-3-1-2-4-7(6)12(17)10-8(11)5-9(15(20)21)13(18)14(10)19/h1-5,16-19H/p-1. The van der Waals surface area contributed by atoms with E-state index < -0.39 is 33.6 Å². The van der Waals surface area contributed by atoms with Gasteiger partial charge in [-0.05, 0) is 10.8 Å². The third-order valence-corrected chi connectivity index (χ3v) is 3.36. The van der Waals surface area contributed by atoms with Crippen LogP contribution in [0.3, 0.4) is 0 Å². The van der Waals surface area contributed by atoms with E-state index >= 15 is 0 Å². The molecular weight excluding hydrogens is 278 g/mol. The van der Waals surface area contributed by atoms with Gasteiger partial charge in [-0.1, -0.05) is 30.0 Å². The highest BCUT2D eigenvalue weighted by Gasteiger charge is 2.23. The largest absolute Gasteiger partial charge is 0.872 e. The SMILES string of the molecule is O=[N+]([O-])c1cc2c([O-])c3ccccc3c(O)c2c(O)c1O. The number of phenolic OH excluding ortho intramolecular Hbond substituents is 3. The van der Waals surface area contributed by atoms with Gasteiger partial charge in [0.05, 0.1) is 10.3 Å². The lowest BCUT2D eigenvalue weighted by molar-refractivity contribution is -0.385. The summed E-state index contributed by atoms with van der Waals surface area (Å²) in [6.45, 7) is 0. The predicted octanol–water partition coefficient (Wildman–Crippen LogP) is 2.09. The van der Waals surface area contributed by atoms with E-state index in [1.54, 1.807) is 12.1 Å². The van der Waals surface area contributed by atoms with Crippen molar-refractivity contribution in [3.05, 3.63) is 40.4 Å². The van der Waals surface area contributed by atoms with Crippen LogP contribution in [0.25, 0.3) is 21.5 Å². The van der Waals surface area contributed by atoms with Gasteiger partial charge < -0.3 is 20.4 Å². The molecule has 3 aromatic rings. The van der Waals surface area contributed by atoms with Crippen molar-refractivity contribution in [3.8, 4) is 23.0 Å². The van der Waals surface area contributed by atoms with E-state index in [-0.39, 0.29) is 21.5 Å². The highest BCUT2D eigenvalue weighted by atomic mass is 16.6. The first-order chi connectivity index (χ1) is 9.93. The van der Waals surface area contributed by atoms with Gasteiger partial charge in [-0.15, -0.1) is 0 Å². The molecule has 3 rings (SSSR count). The van der Waals surface area contributed by atoms with Gasteiger partial charge in [0, 0.05) is 11.5 Å². The van der Waals surface area contributed by atoms with Crippen molar-refractivity contribution in [2.75, 3.05) is 0 Å². The van der Waals surface area contributed by atoms with Gasteiger partial charge in [0.25, 0.3) is 0 Å². The predicted molar refractivity (Wildman–Crippen MR) is 72.5 cm³/mol. The molecule has 0 aliphatic rings. The third kappa shape index (κ3) is 1.61. The summed E-state index contributed by atoms with van der Waals surface area (Å²) in [5, 5.41) is 52.8. The molecule has 0 saturated carbocycles. The summed E-state index contributed by atoms with van der Waals surface area (Å²) in [5.41, 5.74) is -0.799. The lowest BCUT2D eigenvalue weighted by Crippen LogP contribution is -1.96. The summed E-state index contributed by atoms with van der Waals surface area (Å²) in [4.78, 5) is 9.93. The molecule has 106 valence electrons. The summed E-state index contributed by atoms with van der Waals surface area (Å²) < 4.78 is 0. The molecule has 3 aromatic carbocycles. The molecule has 3 N–H and O–H groups in total. The zero-order valence-electron chi connectivity index (χ0n) is 10.4. The van der Waals surface area contributed by atoms with E-state index in [4.69, 9.17) is 0 Å². The number of fused-ring (bicyclic) bond motifs is 2. The van der Waals surface area contributed by atoms with Crippen LogP contribution in [0.15, 0.2) is 30.3 Å². The Bertz CT molecular complexity index is 919. The topological polar surface area (TPSA) is 127 Å². The first-order valence-corrected chi connectivity index (χ1v) is 5.87. The van der Waals surface area contributed by atoms with Crippen molar-refractivity contribution < 1.29 is 25.3 Å². The minimum atomic E-state index is -0.988. The van der Waals surface area contributed by atoms with Gasteiger partial charge in [0.1, 0.15) is 5.75 Å². The van der Waals surface area contributed by atoms with E-state index in [2.05, 4.69) is 0 Å². The van der Waals surface area contributed by atoms with Crippen LogP contribution in [0.2, 0.25) is 0 Å². The Hall–Kier alpha value is -3.22. The average Bonchev–Trinajstić information content (AvgIpc) is 2.47. The van der Waals surface area contributed by atoms with Crippen molar-refractivity contribution in [2.45, 2.75) is 0 Å². The van der Waals surface area contributed by atoms with E-state index in [1.165, 1.54) is 12.1 Å². The molecule has 0 fully saturated rings. The number of aromatic hydroxyl groups is 3. The van der Waals surface area contributed by atoms with Gasteiger partial charge in [-0.25, -0.2) is 0 Å². The maximum Gasteiger partial charge on any atom is 0.315 e. The Morgan fingerprint density at radius 3 is 2.14 bits per heavy atom. The number of phenols is 3. The zero-order chi connectivity index (χ0) is 15.3. The third-order valence-electron chi connectivity index (χ3n) is 3.36.